The molecule has 0 saturated heterocycles. The third kappa shape index (κ3) is 3.38. The summed E-state index contributed by atoms with van der Waals surface area (Å²) in [7, 11) is 1.61. The van der Waals surface area contributed by atoms with Crippen LogP contribution in [0.4, 0.5) is 0 Å². The molecule has 0 radical (unpaired) electrons. The first-order valence-electron chi connectivity index (χ1n) is 5.84. The zero-order valence-corrected chi connectivity index (χ0v) is 10.4. The van der Waals surface area contributed by atoms with Crippen LogP contribution in [0.3, 0.4) is 0 Å². The minimum atomic E-state index is 0.423. The summed E-state index contributed by atoms with van der Waals surface area (Å²) in [5, 5.41) is 12.0. The quantitative estimate of drug-likeness (QED) is 0.763. The van der Waals surface area contributed by atoms with E-state index in [1.807, 2.05) is 12.3 Å². The van der Waals surface area contributed by atoms with Crippen molar-refractivity contribution in [2.45, 2.75) is 26.0 Å². The lowest BCUT2D eigenvalue weighted by Crippen LogP contribution is -2.01. The van der Waals surface area contributed by atoms with Crippen molar-refractivity contribution in [3.63, 3.8) is 0 Å². The lowest BCUT2D eigenvalue weighted by Gasteiger charge is -1.93. The number of aromatic nitrogens is 4. The number of nitrogens with zero attached hydrogens (tertiary/aromatic N) is 4. The Bertz CT molecular complexity index is 479. The first kappa shape index (κ1) is 12.7. The van der Waals surface area contributed by atoms with Crippen molar-refractivity contribution in [3.05, 3.63) is 29.4 Å². The van der Waals surface area contributed by atoms with Crippen LogP contribution in [0.15, 0.2) is 16.8 Å². The Hall–Kier alpha value is -1.73. The number of hydrogen-bond donors (Lipinski definition) is 1. The molecule has 2 aromatic rings. The molecule has 0 aromatic carbocycles. The van der Waals surface area contributed by atoms with E-state index < -0.39 is 0 Å². The summed E-state index contributed by atoms with van der Waals surface area (Å²) < 4.78 is 11.8. The average molecular weight is 251 g/mol. The van der Waals surface area contributed by atoms with E-state index in [4.69, 9.17) is 15.0 Å². The molecule has 18 heavy (non-hydrogen) atoms. The molecule has 2 heterocycles. The van der Waals surface area contributed by atoms with Gasteiger partial charge in [-0.05, 0) is 19.4 Å². The second kappa shape index (κ2) is 6.27. The van der Waals surface area contributed by atoms with E-state index >= 15 is 0 Å². The van der Waals surface area contributed by atoms with Gasteiger partial charge < -0.3 is 15.0 Å². The van der Waals surface area contributed by atoms with Gasteiger partial charge in [0.1, 0.15) is 12.3 Å². The number of nitrogens with two attached hydrogens (primary N) is 1. The highest BCUT2D eigenvalue weighted by atomic mass is 16.5. The molecule has 98 valence electrons. The van der Waals surface area contributed by atoms with Crippen LogP contribution in [0, 0.1) is 0 Å². The topological polar surface area (TPSA) is 92.0 Å². The molecule has 0 fully saturated rings. The molecule has 0 aliphatic rings. The fourth-order valence-corrected chi connectivity index (χ4v) is 1.62. The van der Waals surface area contributed by atoms with Gasteiger partial charge >= 0.3 is 0 Å². The highest BCUT2D eigenvalue weighted by Crippen LogP contribution is 2.07. The van der Waals surface area contributed by atoms with E-state index in [0.717, 1.165) is 24.2 Å². The fraction of sp³-hybridized carbons (Fsp3) is 0.545. The van der Waals surface area contributed by atoms with Crippen LogP contribution in [0.5, 0.6) is 0 Å². The maximum absolute atomic E-state index is 5.45. The molecular weight excluding hydrogens is 234 g/mol. The van der Waals surface area contributed by atoms with Crippen molar-refractivity contribution in [2.24, 2.45) is 5.73 Å². The number of rotatable bonds is 7. The SMILES string of the molecule is COCc1cc(Cn2cc(CCCN)nn2)no1. The van der Waals surface area contributed by atoms with E-state index in [0.29, 0.717) is 25.5 Å². The van der Waals surface area contributed by atoms with Crippen molar-refractivity contribution in [3.8, 4) is 0 Å². The number of hydrogen-bond acceptors (Lipinski definition) is 6. The summed E-state index contributed by atoms with van der Waals surface area (Å²) >= 11 is 0. The second-order valence-electron chi connectivity index (χ2n) is 4.02. The van der Waals surface area contributed by atoms with E-state index in [-0.39, 0.29) is 0 Å². The molecular formula is C11H17N5O2. The molecule has 2 rings (SSSR count). The van der Waals surface area contributed by atoms with Crippen molar-refractivity contribution < 1.29 is 9.26 Å². The molecule has 2 aromatic heterocycles. The fourth-order valence-electron chi connectivity index (χ4n) is 1.62. The average Bonchev–Trinajstić information content (AvgIpc) is 2.98. The zero-order valence-electron chi connectivity index (χ0n) is 10.4. The monoisotopic (exact) mass is 251 g/mol. The number of methoxy groups -OCH3 is 1. The van der Waals surface area contributed by atoms with Crippen LogP contribution < -0.4 is 5.73 Å². The van der Waals surface area contributed by atoms with Gasteiger partial charge in [-0.25, -0.2) is 4.68 Å². The predicted octanol–water partition coefficient (Wildman–Crippen LogP) is 0.352. The van der Waals surface area contributed by atoms with Crippen LogP contribution in [0.2, 0.25) is 0 Å². The van der Waals surface area contributed by atoms with Crippen molar-refractivity contribution in [1.82, 2.24) is 20.2 Å². The van der Waals surface area contributed by atoms with E-state index in [2.05, 4.69) is 15.5 Å². The van der Waals surface area contributed by atoms with Crippen molar-refractivity contribution in [1.29, 1.82) is 0 Å². The van der Waals surface area contributed by atoms with E-state index in [1.165, 1.54) is 0 Å². The highest BCUT2D eigenvalue weighted by molar-refractivity contribution is 5.05. The van der Waals surface area contributed by atoms with Gasteiger partial charge in [0, 0.05) is 19.4 Å². The molecule has 0 saturated carbocycles. The van der Waals surface area contributed by atoms with Gasteiger partial charge in [0.25, 0.3) is 0 Å². The number of aryl methyl sites for hydroxylation is 1. The van der Waals surface area contributed by atoms with Gasteiger partial charge in [-0.15, -0.1) is 5.10 Å². The summed E-state index contributed by atoms with van der Waals surface area (Å²) in [6, 6.07) is 1.85. The third-order valence-electron chi connectivity index (χ3n) is 2.44. The zero-order chi connectivity index (χ0) is 12.8. The highest BCUT2D eigenvalue weighted by Gasteiger charge is 2.06. The summed E-state index contributed by atoms with van der Waals surface area (Å²) in [6.07, 6.45) is 3.67. The number of ether oxygens (including phenoxy) is 1. The van der Waals surface area contributed by atoms with Gasteiger partial charge in [0.05, 0.1) is 12.2 Å². The smallest absolute Gasteiger partial charge is 0.162 e. The van der Waals surface area contributed by atoms with Crippen molar-refractivity contribution in [2.75, 3.05) is 13.7 Å². The van der Waals surface area contributed by atoms with Gasteiger partial charge in [-0.1, -0.05) is 10.4 Å². The molecule has 7 nitrogen and oxygen atoms in total. The van der Waals surface area contributed by atoms with Gasteiger partial charge in [-0.3, -0.25) is 0 Å². The largest absolute Gasteiger partial charge is 0.377 e. The molecule has 0 spiro atoms. The molecule has 0 amide bonds. The van der Waals surface area contributed by atoms with Crippen LogP contribution in [0.25, 0.3) is 0 Å². The van der Waals surface area contributed by atoms with E-state index in [1.54, 1.807) is 11.8 Å². The second-order valence-corrected chi connectivity index (χ2v) is 4.02. The van der Waals surface area contributed by atoms with E-state index in [9.17, 15) is 0 Å². The van der Waals surface area contributed by atoms with Gasteiger partial charge in [-0.2, -0.15) is 0 Å². The summed E-state index contributed by atoms with van der Waals surface area (Å²) in [5.41, 5.74) is 7.20. The Labute approximate surface area is 105 Å². The van der Waals surface area contributed by atoms with Crippen LogP contribution in [-0.4, -0.2) is 33.8 Å². The molecule has 2 N–H and O–H groups in total. The maximum Gasteiger partial charge on any atom is 0.162 e. The summed E-state index contributed by atoms with van der Waals surface area (Å²) in [4.78, 5) is 0. The predicted molar refractivity (Wildman–Crippen MR) is 63.7 cm³/mol. The minimum Gasteiger partial charge on any atom is -0.377 e. The Balaban J connectivity index is 1.93. The summed E-state index contributed by atoms with van der Waals surface area (Å²) in [6.45, 7) is 1.63. The Kier molecular flexibility index (Phi) is 4.43. The first-order chi connectivity index (χ1) is 8.81. The Morgan fingerprint density at radius 1 is 1.44 bits per heavy atom. The Morgan fingerprint density at radius 2 is 2.33 bits per heavy atom. The van der Waals surface area contributed by atoms with Gasteiger partial charge in [0.15, 0.2) is 5.76 Å². The molecule has 7 heteroatoms. The molecule has 0 unspecified atom stereocenters. The van der Waals surface area contributed by atoms with Crippen LogP contribution >= 0.6 is 0 Å². The standard InChI is InChI=1S/C11H17N5O2/c1-17-8-11-5-10(14-18-11)7-16-6-9(13-15-16)3-2-4-12/h5-6H,2-4,7-8,12H2,1H3. The lowest BCUT2D eigenvalue weighted by atomic mass is 10.2. The lowest BCUT2D eigenvalue weighted by molar-refractivity contribution is 0.155. The third-order valence-corrected chi connectivity index (χ3v) is 2.44. The Morgan fingerprint density at radius 3 is 3.11 bits per heavy atom. The normalized spacial score (nSPS) is 11.0. The molecule has 0 aliphatic heterocycles. The minimum absolute atomic E-state index is 0.423. The molecule has 0 aliphatic carbocycles. The van der Waals surface area contributed by atoms with Crippen molar-refractivity contribution >= 4 is 0 Å². The van der Waals surface area contributed by atoms with Crippen LogP contribution in [0.1, 0.15) is 23.6 Å². The van der Waals surface area contributed by atoms with Gasteiger partial charge in [0.2, 0.25) is 0 Å². The first-order valence-corrected chi connectivity index (χ1v) is 5.84. The van der Waals surface area contributed by atoms with Crippen LogP contribution in [-0.2, 0) is 24.3 Å². The maximum atomic E-state index is 5.45. The molecule has 0 atom stereocenters. The summed E-state index contributed by atoms with van der Waals surface area (Å²) in [5.74, 6) is 0.705. The molecule has 0 bridgehead atoms.